The first-order chi connectivity index (χ1) is 11.1. The average Bonchev–Trinajstić information content (AvgIpc) is 2.53. The molecule has 0 atom stereocenters. The van der Waals surface area contributed by atoms with Crippen molar-refractivity contribution in [1.29, 1.82) is 0 Å². The molecule has 0 saturated carbocycles. The number of pyridine rings is 1. The number of nitrogens with zero attached hydrogens (tertiary/aromatic N) is 2. The Morgan fingerprint density at radius 2 is 2.22 bits per heavy atom. The second-order valence-electron chi connectivity index (χ2n) is 5.56. The van der Waals surface area contributed by atoms with Crippen molar-refractivity contribution in [2.75, 3.05) is 6.61 Å². The molecule has 0 spiro atoms. The molecule has 23 heavy (non-hydrogen) atoms. The van der Waals surface area contributed by atoms with E-state index in [1.807, 2.05) is 31.2 Å². The van der Waals surface area contributed by atoms with Crippen LogP contribution in [0.25, 0.3) is 0 Å². The highest BCUT2D eigenvalue weighted by Crippen LogP contribution is 2.27. The molecule has 0 bridgehead atoms. The first kappa shape index (κ1) is 16.7. The van der Waals surface area contributed by atoms with Crippen LogP contribution in [0.1, 0.15) is 36.5 Å². The number of aromatic nitrogens is 1. The zero-order valence-corrected chi connectivity index (χ0v) is 13.6. The van der Waals surface area contributed by atoms with Crippen LogP contribution in [-0.4, -0.2) is 23.7 Å². The maximum atomic E-state index is 11.8. The number of benzene rings is 1. The molecule has 1 aromatic carbocycles. The first-order valence-electron chi connectivity index (χ1n) is 7.51. The highest BCUT2D eigenvalue weighted by Gasteiger charge is 2.09. The normalized spacial score (nSPS) is 11.0. The molecule has 0 fully saturated rings. The van der Waals surface area contributed by atoms with E-state index in [-0.39, 0.29) is 12.5 Å². The van der Waals surface area contributed by atoms with Crippen molar-refractivity contribution in [3.8, 4) is 5.75 Å². The van der Waals surface area contributed by atoms with Gasteiger partial charge in [-0.05, 0) is 36.1 Å². The number of carbonyl (C=O) groups excluding carboxylic acids is 1. The van der Waals surface area contributed by atoms with E-state index in [4.69, 9.17) is 4.74 Å². The van der Waals surface area contributed by atoms with Crippen molar-refractivity contribution in [3.05, 3.63) is 59.4 Å². The van der Waals surface area contributed by atoms with Crippen LogP contribution >= 0.6 is 0 Å². The zero-order chi connectivity index (χ0) is 16.7. The van der Waals surface area contributed by atoms with Crippen LogP contribution in [0.5, 0.6) is 5.75 Å². The Bertz CT molecular complexity index is 682. The van der Waals surface area contributed by atoms with Crippen LogP contribution in [0.3, 0.4) is 0 Å². The van der Waals surface area contributed by atoms with Gasteiger partial charge in [0, 0.05) is 18.0 Å². The molecule has 120 valence electrons. The lowest BCUT2D eigenvalue weighted by Gasteiger charge is -2.14. The molecular formula is C18H21N3O2. The smallest absolute Gasteiger partial charge is 0.277 e. The highest BCUT2D eigenvalue weighted by molar-refractivity contribution is 5.82. The molecule has 2 rings (SSSR count). The monoisotopic (exact) mass is 311 g/mol. The Morgan fingerprint density at radius 3 is 2.91 bits per heavy atom. The number of hydrogen-bond acceptors (Lipinski definition) is 4. The SMILES string of the molecule is Cc1ccc(C(C)C)c(OCC(=O)N/N=C/c2cccnc2)c1. The second-order valence-corrected chi connectivity index (χ2v) is 5.56. The van der Waals surface area contributed by atoms with Gasteiger partial charge in [-0.15, -0.1) is 0 Å². The number of hydrogen-bond donors (Lipinski definition) is 1. The fourth-order valence-corrected chi connectivity index (χ4v) is 2.05. The summed E-state index contributed by atoms with van der Waals surface area (Å²) >= 11 is 0. The summed E-state index contributed by atoms with van der Waals surface area (Å²) in [4.78, 5) is 15.8. The van der Waals surface area contributed by atoms with Gasteiger partial charge in [-0.3, -0.25) is 9.78 Å². The molecule has 1 heterocycles. The van der Waals surface area contributed by atoms with Gasteiger partial charge in [-0.1, -0.05) is 32.0 Å². The van der Waals surface area contributed by atoms with E-state index in [1.54, 1.807) is 18.5 Å². The Hall–Kier alpha value is -2.69. The van der Waals surface area contributed by atoms with Crippen LogP contribution in [-0.2, 0) is 4.79 Å². The number of rotatable bonds is 6. The topological polar surface area (TPSA) is 63.6 Å². The minimum Gasteiger partial charge on any atom is -0.483 e. The largest absolute Gasteiger partial charge is 0.483 e. The van der Waals surface area contributed by atoms with Crippen molar-refractivity contribution in [2.45, 2.75) is 26.7 Å². The molecule has 5 nitrogen and oxygen atoms in total. The lowest BCUT2D eigenvalue weighted by atomic mass is 10.0. The van der Waals surface area contributed by atoms with Gasteiger partial charge in [-0.25, -0.2) is 5.43 Å². The number of hydrazone groups is 1. The molecule has 0 radical (unpaired) electrons. The number of ether oxygens (including phenoxy) is 1. The van der Waals surface area contributed by atoms with Crippen LogP contribution in [0, 0.1) is 6.92 Å². The summed E-state index contributed by atoms with van der Waals surface area (Å²) in [5, 5.41) is 3.88. The van der Waals surface area contributed by atoms with E-state index in [2.05, 4.69) is 29.4 Å². The van der Waals surface area contributed by atoms with Crippen LogP contribution in [0.4, 0.5) is 0 Å². The summed E-state index contributed by atoms with van der Waals surface area (Å²) in [6, 6.07) is 9.67. The molecule has 0 aliphatic rings. The standard InChI is InChI=1S/C18H21N3O2/c1-13(2)16-7-6-14(3)9-17(16)23-12-18(22)21-20-11-15-5-4-8-19-10-15/h4-11,13H,12H2,1-3H3,(H,21,22)/b20-11+. The van der Waals surface area contributed by atoms with Crippen molar-refractivity contribution in [1.82, 2.24) is 10.4 Å². The third kappa shape index (κ3) is 5.21. The van der Waals surface area contributed by atoms with Crippen LogP contribution in [0.2, 0.25) is 0 Å². The van der Waals surface area contributed by atoms with Crippen LogP contribution < -0.4 is 10.2 Å². The van der Waals surface area contributed by atoms with Crippen molar-refractivity contribution >= 4 is 12.1 Å². The molecule has 1 amide bonds. The van der Waals surface area contributed by atoms with Gasteiger partial charge < -0.3 is 4.74 Å². The molecule has 0 aliphatic heterocycles. The second kappa shape index (κ2) is 8.08. The van der Waals surface area contributed by atoms with Gasteiger partial charge in [0.25, 0.3) is 5.91 Å². The lowest BCUT2D eigenvalue weighted by Crippen LogP contribution is -2.25. The van der Waals surface area contributed by atoms with Crippen molar-refractivity contribution in [2.24, 2.45) is 5.10 Å². The van der Waals surface area contributed by atoms with E-state index < -0.39 is 0 Å². The van der Waals surface area contributed by atoms with E-state index >= 15 is 0 Å². The summed E-state index contributed by atoms with van der Waals surface area (Å²) in [5.41, 5.74) is 5.44. The van der Waals surface area contributed by atoms with E-state index in [1.165, 1.54) is 6.21 Å². The predicted molar refractivity (Wildman–Crippen MR) is 90.7 cm³/mol. The van der Waals surface area contributed by atoms with Gasteiger partial charge in [0.15, 0.2) is 6.61 Å². The summed E-state index contributed by atoms with van der Waals surface area (Å²) in [7, 11) is 0. The average molecular weight is 311 g/mol. The fraction of sp³-hybridized carbons (Fsp3) is 0.278. The molecule has 1 aromatic heterocycles. The number of amides is 1. The minimum atomic E-state index is -0.304. The third-order valence-corrected chi connectivity index (χ3v) is 3.24. The summed E-state index contributed by atoms with van der Waals surface area (Å²) in [6.07, 6.45) is 4.88. The van der Waals surface area contributed by atoms with E-state index in [9.17, 15) is 4.79 Å². The lowest BCUT2D eigenvalue weighted by molar-refractivity contribution is -0.123. The predicted octanol–water partition coefficient (Wildman–Crippen LogP) is 3.04. The summed E-state index contributed by atoms with van der Waals surface area (Å²) in [5.74, 6) is 0.769. The van der Waals surface area contributed by atoms with Crippen LogP contribution in [0.15, 0.2) is 47.8 Å². The maximum absolute atomic E-state index is 11.8. The molecule has 5 heteroatoms. The molecule has 2 aromatic rings. The van der Waals surface area contributed by atoms with Gasteiger partial charge in [0.05, 0.1) is 6.21 Å². The minimum absolute atomic E-state index is 0.0758. The molecule has 0 aliphatic carbocycles. The van der Waals surface area contributed by atoms with Gasteiger partial charge in [-0.2, -0.15) is 5.10 Å². The van der Waals surface area contributed by atoms with Gasteiger partial charge in [0.2, 0.25) is 0 Å². The molecule has 0 saturated heterocycles. The third-order valence-electron chi connectivity index (χ3n) is 3.24. The Kier molecular flexibility index (Phi) is 5.86. The van der Waals surface area contributed by atoms with E-state index in [0.717, 1.165) is 22.4 Å². The zero-order valence-electron chi connectivity index (χ0n) is 13.6. The Balaban J connectivity index is 1.90. The van der Waals surface area contributed by atoms with Gasteiger partial charge in [0.1, 0.15) is 5.75 Å². The van der Waals surface area contributed by atoms with Crippen molar-refractivity contribution < 1.29 is 9.53 Å². The molecule has 1 N–H and O–H groups in total. The summed E-state index contributed by atoms with van der Waals surface area (Å²) < 4.78 is 5.65. The highest BCUT2D eigenvalue weighted by atomic mass is 16.5. The van der Waals surface area contributed by atoms with E-state index in [0.29, 0.717) is 5.92 Å². The maximum Gasteiger partial charge on any atom is 0.277 e. The van der Waals surface area contributed by atoms with Gasteiger partial charge >= 0.3 is 0 Å². The molecule has 0 unspecified atom stereocenters. The van der Waals surface area contributed by atoms with Crippen molar-refractivity contribution in [3.63, 3.8) is 0 Å². The quantitative estimate of drug-likeness (QED) is 0.659. The first-order valence-corrected chi connectivity index (χ1v) is 7.51. The fourth-order valence-electron chi connectivity index (χ4n) is 2.05. The number of carbonyl (C=O) groups is 1. The molecular weight excluding hydrogens is 290 g/mol. The Morgan fingerprint density at radius 1 is 1.39 bits per heavy atom. The summed E-state index contributed by atoms with van der Waals surface area (Å²) in [6.45, 7) is 6.11. The number of aryl methyl sites for hydroxylation is 1. The number of nitrogens with one attached hydrogen (secondary N) is 1. The Labute approximate surface area is 136 Å².